The number of aryl methyl sites for hydroxylation is 1. The van der Waals surface area contributed by atoms with Crippen LogP contribution in [-0.2, 0) is 22.4 Å². The lowest BCUT2D eigenvalue weighted by Crippen LogP contribution is -2.39. The van der Waals surface area contributed by atoms with Gasteiger partial charge in [-0.05, 0) is 62.9 Å². The zero-order valence-electron chi connectivity index (χ0n) is 17.3. The monoisotopic (exact) mass is 411 g/mol. The number of nitrogens with zero attached hydrogens (tertiary/aromatic N) is 2. The maximum absolute atomic E-state index is 12.5. The SMILES string of the molecule is CC(C)(C)OC(=O)N1CCCc2cc(NC(=O)Cc3ccc([N+](=O)[O-])cc3)ccc21. The zero-order valence-corrected chi connectivity index (χ0v) is 17.3. The minimum Gasteiger partial charge on any atom is -0.443 e. The first-order valence-corrected chi connectivity index (χ1v) is 9.79. The lowest BCUT2D eigenvalue weighted by atomic mass is 10.0. The van der Waals surface area contributed by atoms with Gasteiger partial charge >= 0.3 is 6.09 Å². The van der Waals surface area contributed by atoms with Gasteiger partial charge in [0.2, 0.25) is 5.91 Å². The number of ether oxygens (including phenoxy) is 1. The number of hydrogen-bond acceptors (Lipinski definition) is 5. The largest absolute Gasteiger partial charge is 0.443 e. The van der Waals surface area contributed by atoms with Gasteiger partial charge in [-0.1, -0.05) is 12.1 Å². The van der Waals surface area contributed by atoms with E-state index in [1.165, 1.54) is 12.1 Å². The molecule has 2 aromatic rings. The van der Waals surface area contributed by atoms with Crippen molar-refractivity contribution in [3.63, 3.8) is 0 Å². The Kier molecular flexibility index (Phi) is 6.05. The number of nitro benzene ring substituents is 1. The topological polar surface area (TPSA) is 102 Å². The van der Waals surface area contributed by atoms with E-state index >= 15 is 0 Å². The summed E-state index contributed by atoms with van der Waals surface area (Å²) in [5.74, 6) is -0.219. The Balaban J connectivity index is 1.67. The fraction of sp³-hybridized carbons (Fsp3) is 0.364. The number of rotatable bonds is 4. The summed E-state index contributed by atoms with van der Waals surface area (Å²) in [6.07, 6.45) is 1.35. The molecule has 0 radical (unpaired) electrons. The number of amides is 2. The van der Waals surface area contributed by atoms with Crippen LogP contribution in [0, 0.1) is 10.1 Å². The number of anilines is 2. The van der Waals surface area contributed by atoms with Gasteiger partial charge in [-0.15, -0.1) is 0 Å². The highest BCUT2D eigenvalue weighted by molar-refractivity contribution is 5.94. The third kappa shape index (κ3) is 5.34. The fourth-order valence-corrected chi connectivity index (χ4v) is 3.31. The molecule has 158 valence electrons. The van der Waals surface area contributed by atoms with Crippen molar-refractivity contribution in [2.45, 2.75) is 45.6 Å². The third-order valence-electron chi connectivity index (χ3n) is 4.61. The van der Waals surface area contributed by atoms with Crippen LogP contribution in [0.4, 0.5) is 21.9 Å². The molecule has 1 heterocycles. The van der Waals surface area contributed by atoms with E-state index in [2.05, 4.69) is 5.32 Å². The first-order valence-electron chi connectivity index (χ1n) is 9.79. The van der Waals surface area contributed by atoms with Crippen molar-refractivity contribution >= 4 is 29.1 Å². The van der Waals surface area contributed by atoms with Gasteiger partial charge in [0, 0.05) is 24.4 Å². The van der Waals surface area contributed by atoms with Crippen molar-refractivity contribution in [2.75, 3.05) is 16.8 Å². The Morgan fingerprint density at radius 2 is 1.87 bits per heavy atom. The van der Waals surface area contributed by atoms with Crippen molar-refractivity contribution in [3.8, 4) is 0 Å². The molecular weight excluding hydrogens is 386 g/mol. The Morgan fingerprint density at radius 1 is 1.17 bits per heavy atom. The number of nitrogens with one attached hydrogen (secondary N) is 1. The number of nitro groups is 1. The van der Waals surface area contributed by atoms with Crippen LogP contribution in [0.3, 0.4) is 0 Å². The molecule has 0 bridgehead atoms. The van der Waals surface area contributed by atoms with Gasteiger partial charge in [-0.3, -0.25) is 19.8 Å². The van der Waals surface area contributed by atoms with Gasteiger partial charge in [-0.2, -0.15) is 0 Å². The second kappa shape index (κ2) is 8.52. The van der Waals surface area contributed by atoms with Gasteiger partial charge < -0.3 is 10.1 Å². The summed E-state index contributed by atoms with van der Waals surface area (Å²) in [6, 6.07) is 11.4. The summed E-state index contributed by atoms with van der Waals surface area (Å²) >= 11 is 0. The standard InChI is InChI=1S/C22H25N3O5/c1-22(2,3)30-21(27)24-12-4-5-16-14-17(8-11-19(16)24)23-20(26)13-15-6-9-18(10-7-15)25(28)29/h6-11,14H,4-5,12-13H2,1-3H3,(H,23,26). The molecule has 1 N–H and O–H groups in total. The van der Waals surface area contributed by atoms with Crippen LogP contribution in [0.15, 0.2) is 42.5 Å². The maximum Gasteiger partial charge on any atom is 0.414 e. The van der Waals surface area contributed by atoms with E-state index in [0.717, 1.165) is 24.1 Å². The quantitative estimate of drug-likeness (QED) is 0.591. The summed E-state index contributed by atoms with van der Waals surface area (Å²) < 4.78 is 5.49. The smallest absolute Gasteiger partial charge is 0.414 e. The Morgan fingerprint density at radius 3 is 2.50 bits per heavy atom. The maximum atomic E-state index is 12.5. The number of non-ortho nitro benzene ring substituents is 1. The predicted molar refractivity (Wildman–Crippen MR) is 114 cm³/mol. The lowest BCUT2D eigenvalue weighted by molar-refractivity contribution is -0.384. The number of hydrogen-bond donors (Lipinski definition) is 1. The van der Waals surface area contributed by atoms with E-state index < -0.39 is 10.5 Å². The highest BCUT2D eigenvalue weighted by Crippen LogP contribution is 2.31. The Labute approximate surface area is 175 Å². The molecule has 2 amide bonds. The van der Waals surface area contributed by atoms with Crippen molar-refractivity contribution in [2.24, 2.45) is 0 Å². The summed E-state index contributed by atoms with van der Waals surface area (Å²) in [4.78, 5) is 36.7. The molecule has 0 aliphatic carbocycles. The van der Waals surface area contributed by atoms with Gasteiger partial charge in [0.1, 0.15) is 5.60 Å². The van der Waals surface area contributed by atoms with E-state index in [0.29, 0.717) is 17.8 Å². The summed E-state index contributed by atoms with van der Waals surface area (Å²) in [5.41, 5.74) is 2.52. The Hall–Kier alpha value is -3.42. The second-order valence-corrected chi connectivity index (χ2v) is 8.23. The van der Waals surface area contributed by atoms with Crippen LogP contribution >= 0.6 is 0 Å². The number of carbonyl (C=O) groups is 2. The molecule has 0 spiro atoms. The molecule has 3 rings (SSSR count). The van der Waals surface area contributed by atoms with E-state index in [-0.39, 0.29) is 24.1 Å². The minimum absolute atomic E-state index is 0.0108. The third-order valence-corrected chi connectivity index (χ3v) is 4.61. The number of carbonyl (C=O) groups excluding carboxylic acids is 2. The summed E-state index contributed by atoms with van der Waals surface area (Å²) in [7, 11) is 0. The fourth-order valence-electron chi connectivity index (χ4n) is 3.31. The minimum atomic E-state index is -0.569. The molecule has 1 aliphatic rings. The highest BCUT2D eigenvalue weighted by Gasteiger charge is 2.27. The van der Waals surface area contributed by atoms with Crippen LogP contribution < -0.4 is 10.2 Å². The van der Waals surface area contributed by atoms with Gasteiger partial charge in [0.05, 0.1) is 17.0 Å². The molecule has 0 fully saturated rings. The van der Waals surface area contributed by atoms with Gasteiger partial charge in [0.15, 0.2) is 0 Å². The van der Waals surface area contributed by atoms with Crippen LogP contribution in [0.25, 0.3) is 0 Å². The molecule has 0 atom stereocenters. The molecular formula is C22H25N3O5. The summed E-state index contributed by atoms with van der Waals surface area (Å²) in [6.45, 7) is 6.09. The van der Waals surface area contributed by atoms with Crippen LogP contribution in [0.1, 0.15) is 38.3 Å². The zero-order chi connectivity index (χ0) is 21.9. The van der Waals surface area contributed by atoms with E-state index in [4.69, 9.17) is 4.74 Å². The van der Waals surface area contributed by atoms with Crippen molar-refractivity contribution in [1.82, 2.24) is 0 Å². The second-order valence-electron chi connectivity index (χ2n) is 8.23. The molecule has 0 unspecified atom stereocenters. The van der Waals surface area contributed by atoms with Crippen LogP contribution in [0.5, 0.6) is 0 Å². The van der Waals surface area contributed by atoms with Crippen molar-refractivity contribution in [3.05, 3.63) is 63.7 Å². The molecule has 2 aromatic carbocycles. The normalized spacial score (nSPS) is 13.4. The molecule has 1 aliphatic heterocycles. The first-order chi connectivity index (χ1) is 14.1. The van der Waals surface area contributed by atoms with Gasteiger partial charge in [0.25, 0.3) is 5.69 Å². The molecule has 0 aromatic heterocycles. The first kappa shape index (κ1) is 21.3. The van der Waals surface area contributed by atoms with E-state index in [9.17, 15) is 19.7 Å². The Bertz CT molecular complexity index is 964. The van der Waals surface area contributed by atoms with E-state index in [1.807, 2.05) is 32.9 Å². The summed E-state index contributed by atoms with van der Waals surface area (Å²) in [5, 5.41) is 13.6. The van der Waals surface area contributed by atoms with E-state index in [1.54, 1.807) is 23.1 Å². The van der Waals surface area contributed by atoms with Gasteiger partial charge in [-0.25, -0.2) is 4.79 Å². The molecule has 8 nitrogen and oxygen atoms in total. The van der Waals surface area contributed by atoms with Crippen molar-refractivity contribution < 1.29 is 19.2 Å². The molecule has 30 heavy (non-hydrogen) atoms. The number of fused-ring (bicyclic) bond motifs is 1. The molecule has 0 saturated carbocycles. The average molecular weight is 411 g/mol. The van der Waals surface area contributed by atoms with Crippen LogP contribution in [0.2, 0.25) is 0 Å². The van der Waals surface area contributed by atoms with Crippen molar-refractivity contribution in [1.29, 1.82) is 0 Å². The highest BCUT2D eigenvalue weighted by atomic mass is 16.6. The molecule has 8 heteroatoms. The molecule has 0 saturated heterocycles. The predicted octanol–water partition coefficient (Wildman–Crippen LogP) is 4.46. The number of benzene rings is 2. The van der Waals surface area contributed by atoms with Crippen LogP contribution in [-0.4, -0.2) is 29.1 Å². The lowest BCUT2D eigenvalue weighted by Gasteiger charge is -2.32. The average Bonchev–Trinajstić information content (AvgIpc) is 2.66.